The molecule has 0 radical (unpaired) electrons. The Morgan fingerprint density at radius 1 is 1.38 bits per heavy atom. The first-order chi connectivity index (χ1) is 7.72. The van der Waals surface area contributed by atoms with E-state index in [0.29, 0.717) is 24.5 Å². The van der Waals surface area contributed by atoms with Gasteiger partial charge in [0.1, 0.15) is 6.61 Å². The van der Waals surface area contributed by atoms with Crippen LogP contribution in [-0.2, 0) is 9.05 Å². The van der Waals surface area contributed by atoms with Crippen molar-refractivity contribution in [3.8, 4) is 5.75 Å². The third-order valence-electron chi connectivity index (χ3n) is 1.91. The van der Waals surface area contributed by atoms with Gasteiger partial charge < -0.3 is 4.89 Å². The van der Waals surface area contributed by atoms with Gasteiger partial charge in [-0.15, -0.1) is 0 Å². The van der Waals surface area contributed by atoms with Crippen molar-refractivity contribution in [2.24, 2.45) is 0 Å². The summed E-state index contributed by atoms with van der Waals surface area (Å²) in [7, 11) is -3.48. The van der Waals surface area contributed by atoms with Gasteiger partial charge in [0.05, 0.1) is 0 Å². The highest BCUT2D eigenvalue weighted by Gasteiger charge is 2.40. The molecule has 0 spiro atoms. The number of hydrogen-bond acceptors (Lipinski definition) is 4. The predicted octanol–water partition coefficient (Wildman–Crippen LogP) is 2.82. The smallest absolute Gasteiger partial charge is 0.472 e. The summed E-state index contributed by atoms with van der Waals surface area (Å²) in [4.78, 5) is 12.1. The average Bonchev–Trinajstić information content (AvgIpc) is 2.29. The van der Waals surface area contributed by atoms with E-state index in [-0.39, 0.29) is 0 Å². The third kappa shape index (κ3) is 3.07. The van der Waals surface area contributed by atoms with Crippen LogP contribution < -0.4 is 9.42 Å². The van der Waals surface area contributed by atoms with E-state index in [1.165, 1.54) is 0 Å². The summed E-state index contributed by atoms with van der Waals surface area (Å²) in [5.74, 6) is 1.10. The molecule has 6 heteroatoms. The maximum Gasteiger partial charge on any atom is 0.472 e. The molecule has 0 N–H and O–H groups in total. The van der Waals surface area contributed by atoms with Gasteiger partial charge in [-0.2, -0.15) is 4.52 Å². The van der Waals surface area contributed by atoms with Crippen LogP contribution in [0.1, 0.15) is 6.42 Å². The van der Waals surface area contributed by atoms with E-state index < -0.39 is 8.17 Å². The Labute approximate surface area is 108 Å². The number of phosphoric ester groups is 1. The minimum absolute atomic E-state index is 0.346. The average molecular weight is 352 g/mol. The van der Waals surface area contributed by atoms with E-state index in [4.69, 9.17) is 13.6 Å². The second-order valence-electron chi connectivity index (χ2n) is 3.10. The van der Waals surface area contributed by atoms with Gasteiger partial charge >= 0.3 is 8.17 Å². The summed E-state index contributed by atoms with van der Waals surface area (Å²) in [6.07, 6.45) is 0.616. The number of hydrogen-bond donors (Lipinski definition) is 0. The van der Waals surface area contributed by atoms with E-state index in [9.17, 15) is 4.89 Å². The number of benzene rings is 1. The summed E-state index contributed by atoms with van der Waals surface area (Å²) in [6.45, 7) is 0.346. The standard InChI is InChI=1S/C10H10IO4P/c11-8-10-6-7-13-16(12,15-10)14-9-4-2-1-3-5-9/h1-5,8H,6-7H2/b10-8+. The highest BCUT2D eigenvalue weighted by Crippen LogP contribution is 2.57. The van der Waals surface area contributed by atoms with Crippen molar-refractivity contribution < 1.29 is 18.5 Å². The van der Waals surface area contributed by atoms with Crippen LogP contribution in [0, 0.1) is 0 Å². The fraction of sp³-hybridized carbons (Fsp3) is 0.200. The maximum atomic E-state index is 12.1. The van der Waals surface area contributed by atoms with Crippen molar-refractivity contribution in [2.75, 3.05) is 6.61 Å². The van der Waals surface area contributed by atoms with Crippen molar-refractivity contribution in [3.05, 3.63) is 40.2 Å². The normalized spacial score (nSPS) is 27.5. The Bertz CT molecular complexity index is 384. The quantitative estimate of drug-likeness (QED) is 0.607. The maximum absolute atomic E-state index is 12.1. The van der Waals surface area contributed by atoms with Crippen LogP contribution >= 0.6 is 30.8 Å². The molecule has 1 atom stereocenters. The molecule has 4 nitrogen and oxygen atoms in total. The summed E-state index contributed by atoms with van der Waals surface area (Å²) in [6, 6.07) is 8.84. The Morgan fingerprint density at radius 3 is 2.81 bits per heavy atom. The first kappa shape index (κ1) is 12.1. The molecule has 0 bridgehead atoms. The molecule has 1 aromatic rings. The van der Waals surface area contributed by atoms with Crippen LogP contribution in [0.4, 0.5) is 0 Å². The molecule has 1 aliphatic heterocycles. The van der Waals surface area contributed by atoms with Crippen molar-refractivity contribution in [3.63, 3.8) is 0 Å². The van der Waals surface area contributed by atoms with E-state index in [0.717, 1.165) is 0 Å². The van der Waals surface area contributed by atoms with Crippen LogP contribution in [-0.4, -0.2) is 6.61 Å². The molecular formula is C10H10IO4P. The largest absolute Gasteiger partial charge is 0.591 e. The predicted molar refractivity (Wildman–Crippen MR) is 67.7 cm³/mol. The highest BCUT2D eigenvalue weighted by atomic mass is 127. The highest BCUT2D eigenvalue weighted by molar-refractivity contribution is 14.1. The molecule has 0 aliphatic carbocycles. The minimum atomic E-state index is -3.48. The molecule has 1 fully saturated rings. The Morgan fingerprint density at radius 2 is 2.12 bits per heavy atom. The summed E-state index contributed by atoms with van der Waals surface area (Å²) in [5.41, 5.74) is 0. The molecule has 1 saturated heterocycles. The fourth-order valence-electron chi connectivity index (χ4n) is 1.20. The van der Waals surface area contributed by atoms with Crippen molar-refractivity contribution in [1.29, 1.82) is 0 Å². The second-order valence-corrected chi connectivity index (χ2v) is 5.24. The van der Waals surface area contributed by atoms with Gasteiger partial charge in [0, 0.05) is 10.5 Å². The number of phosphoric acid groups is 1. The lowest BCUT2D eigenvalue weighted by atomic mass is 10.3. The molecule has 0 amide bonds. The zero-order valence-electron chi connectivity index (χ0n) is 8.34. The van der Waals surface area contributed by atoms with Crippen molar-refractivity contribution in [1.82, 2.24) is 0 Å². The van der Waals surface area contributed by atoms with E-state index in [1.54, 1.807) is 28.3 Å². The van der Waals surface area contributed by atoms with Gasteiger partial charge in [-0.1, -0.05) is 18.2 Å². The molecular weight excluding hydrogens is 342 g/mol. The lowest BCUT2D eigenvalue weighted by Gasteiger charge is -2.29. The first-order valence-electron chi connectivity index (χ1n) is 4.70. The van der Waals surface area contributed by atoms with E-state index in [2.05, 4.69) is 0 Å². The lowest BCUT2D eigenvalue weighted by molar-refractivity contribution is -0.240. The minimum Gasteiger partial charge on any atom is -0.591 e. The molecule has 1 unspecified atom stereocenters. The molecule has 1 aliphatic rings. The monoisotopic (exact) mass is 352 g/mol. The zero-order valence-corrected chi connectivity index (χ0v) is 11.4. The molecule has 1 aromatic carbocycles. The third-order valence-corrected chi connectivity index (χ3v) is 4.00. The SMILES string of the molecule is [O-][P+]1(Oc2ccccc2)OCC/C(=C\I)O1. The van der Waals surface area contributed by atoms with Gasteiger partial charge in [0.15, 0.2) is 11.5 Å². The van der Waals surface area contributed by atoms with Crippen LogP contribution in [0.25, 0.3) is 0 Å². The molecule has 0 aromatic heterocycles. The summed E-state index contributed by atoms with van der Waals surface area (Å²) in [5, 5.41) is 0. The number of rotatable bonds is 2. The first-order valence-corrected chi connectivity index (χ1v) is 7.40. The zero-order chi connectivity index (χ0) is 11.4. The van der Waals surface area contributed by atoms with Crippen LogP contribution in [0.5, 0.6) is 5.75 Å². The van der Waals surface area contributed by atoms with Gasteiger partial charge in [-0.3, -0.25) is 9.05 Å². The van der Waals surface area contributed by atoms with Gasteiger partial charge in [0.2, 0.25) is 0 Å². The molecule has 16 heavy (non-hydrogen) atoms. The van der Waals surface area contributed by atoms with Crippen molar-refractivity contribution >= 4 is 30.8 Å². The van der Waals surface area contributed by atoms with E-state index in [1.807, 2.05) is 28.7 Å². The van der Waals surface area contributed by atoms with Crippen LogP contribution in [0.15, 0.2) is 40.2 Å². The topological polar surface area (TPSA) is 50.8 Å². The Balaban J connectivity index is 2.08. The molecule has 2 rings (SSSR count). The Kier molecular flexibility index (Phi) is 4.02. The Hall–Kier alpha value is -0.360. The second kappa shape index (κ2) is 5.31. The van der Waals surface area contributed by atoms with Crippen LogP contribution in [0.3, 0.4) is 0 Å². The van der Waals surface area contributed by atoms with Gasteiger partial charge in [0.25, 0.3) is 0 Å². The van der Waals surface area contributed by atoms with Gasteiger partial charge in [-0.05, 0) is 34.7 Å². The van der Waals surface area contributed by atoms with Crippen LogP contribution in [0.2, 0.25) is 0 Å². The summed E-state index contributed by atoms with van der Waals surface area (Å²) >= 11 is 2.04. The fourth-order valence-corrected chi connectivity index (χ4v) is 3.11. The number of para-hydroxylation sites is 1. The van der Waals surface area contributed by atoms with Gasteiger partial charge in [-0.25, -0.2) is 0 Å². The lowest BCUT2D eigenvalue weighted by Crippen LogP contribution is -2.25. The summed E-state index contributed by atoms with van der Waals surface area (Å²) < 4.78 is 17.2. The van der Waals surface area contributed by atoms with E-state index >= 15 is 0 Å². The molecule has 0 saturated carbocycles. The van der Waals surface area contributed by atoms with Crippen molar-refractivity contribution in [2.45, 2.75) is 6.42 Å². The molecule has 86 valence electrons. The molecule has 1 heterocycles. The number of halogens is 1.